The lowest BCUT2D eigenvalue weighted by molar-refractivity contribution is -0.247. The molecule has 4 aromatic carbocycles. The van der Waals surface area contributed by atoms with Crippen LogP contribution in [0.5, 0.6) is 0 Å². The van der Waals surface area contributed by atoms with Crippen molar-refractivity contribution in [3.8, 4) is 56.7 Å². The van der Waals surface area contributed by atoms with Crippen molar-refractivity contribution in [2.24, 2.45) is 0 Å². The van der Waals surface area contributed by atoms with Gasteiger partial charge in [-0.3, -0.25) is 27.9 Å². The molecule has 0 amide bonds. The van der Waals surface area contributed by atoms with Crippen LogP contribution in [0.1, 0.15) is 26.7 Å². The van der Waals surface area contributed by atoms with Crippen LogP contribution in [0.15, 0.2) is 144 Å². The number of aromatic nitrogens is 16. The zero-order valence-electron chi connectivity index (χ0n) is 57.4. The molecule has 37 nitrogen and oxygen atoms in total. The zero-order valence-corrected chi connectivity index (χ0v) is 57.2. The summed E-state index contributed by atoms with van der Waals surface area (Å²) in [5, 5.41) is 39.8. The minimum absolute atomic E-state index is 0. The van der Waals surface area contributed by atoms with Gasteiger partial charge < -0.3 is 90.7 Å². The average molecular weight is 1480 g/mol. The van der Waals surface area contributed by atoms with Crippen molar-refractivity contribution in [3.05, 3.63) is 166 Å². The van der Waals surface area contributed by atoms with Crippen molar-refractivity contribution in [2.45, 2.75) is 62.3 Å². The highest BCUT2D eigenvalue weighted by Crippen LogP contribution is 2.52. The molecule has 4 N–H and O–H groups in total. The predicted molar refractivity (Wildman–Crippen MR) is 362 cm³/mol. The van der Waals surface area contributed by atoms with Gasteiger partial charge in [-0.05, 0) is 35.4 Å². The van der Waals surface area contributed by atoms with Crippen LogP contribution in [0.2, 0.25) is 0 Å². The first-order chi connectivity index (χ1) is 51.2. The number of aliphatic hydroxyl groups excluding tert-OH is 2. The maximum atomic E-state index is 14.1. The van der Waals surface area contributed by atoms with Crippen molar-refractivity contribution >= 4 is 49.5 Å². The van der Waals surface area contributed by atoms with Gasteiger partial charge in [0.15, 0.2) is 34.8 Å². The lowest BCUT2D eigenvalue weighted by Gasteiger charge is -2.34. The van der Waals surface area contributed by atoms with Gasteiger partial charge in [-0.15, -0.1) is 10.2 Å². The number of hydrogen-bond acceptors (Lipinski definition) is 29. The van der Waals surface area contributed by atoms with E-state index in [-0.39, 0.29) is 74.8 Å². The largest absolute Gasteiger partial charge is 1.00 e. The fraction of sp³-hybridized carbons (Fsp3) is 0.364. The topological polar surface area (TPSA) is 438 Å². The van der Waals surface area contributed by atoms with E-state index in [1.54, 1.807) is 82.7 Å². The van der Waals surface area contributed by atoms with Crippen molar-refractivity contribution < 1.29 is 92.7 Å². The van der Waals surface area contributed by atoms with Gasteiger partial charge in [-0.25, -0.2) is 28.1 Å². The van der Waals surface area contributed by atoms with Crippen LogP contribution in [0.25, 0.3) is 90.5 Å². The molecule has 10 atom stereocenters. The normalized spacial score (nSPS) is 23.2. The molecule has 548 valence electrons. The number of ether oxygens (including phenoxy) is 9. The molecule has 4 saturated heterocycles. The molecule has 0 saturated carbocycles. The quantitative estimate of drug-likeness (QED) is 0.0371. The maximum absolute atomic E-state index is 14.1. The van der Waals surface area contributed by atoms with Gasteiger partial charge in [0, 0.05) is 23.5 Å². The molecule has 0 aliphatic carbocycles. The molecule has 6 unspecified atom stereocenters. The van der Waals surface area contributed by atoms with E-state index in [4.69, 9.17) is 70.7 Å². The van der Waals surface area contributed by atoms with Gasteiger partial charge in [0.2, 0.25) is 11.6 Å². The molecule has 105 heavy (non-hydrogen) atoms. The van der Waals surface area contributed by atoms with E-state index >= 15 is 0 Å². The number of imidazole rings is 4. The van der Waals surface area contributed by atoms with E-state index < -0.39 is 75.8 Å². The molecular weight excluding hydrogens is 1410 g/mol. The van der Waals surface area contributed by atoms with E-state index in [1.165, 1.54) is 17.9 Å². The highest BCUT2D eigenvalue weighted by molar-refractivity contribution is 7.46. The monoisotopic (exact) mass is 1480 g/mol. The SMILES string of the molecule is O=c1c2nc(-c3ccccc3)n([C@@H]3OC4COP(=O)([O-])O[C@H]4C3O)c2nc2[nH]c(-c3ccc(-n4cc(COCCOCCOCCOCCOCCOCCOCc5cn(-c6ccc(-c7cn8c(=O)c9nc(-c%10ccccc%10)n([C@@H]%10OC%11COP(=O)([O-])O[C@H]%11C%10O)c9nc8[nH]7)cc6)nn5)nn4)cc3)cn12.[H+].[H+]. The number of H-pyrrole nitrogens is 2. The third-order valence-corrected chi connectivity index (χ3v) is 19.6. The Morgan fingerprint density at radius 2 is 0.838 bits per heavy atom. The zero-order chi connectivity index (χ0) is 71.8. The Labute approximate surface area is 595 Å². The lowest BCUT2D eigenvalue weighted by atomic mass is 10.1. The standard InChI is InChI=1S/C66H68N16O21P2/c83-53-55-49(37-98-104(87,88)102-55)100-63(53)81-57(41-7-3-1-4-8-41)69-51-59(81)71-65-67-47(33-77(65)61(51)85)39-11-15-45(16-12-39)79-31-43(73-75-79)35-96-29-27-94-25-23-92-21-19-91-20-22-93-24-26-95-28-30-97-36-44-32-80(76-74-44)46-17-13-40(14-18-46)48-34-78-62(86)52-60(72-66(78)68-48)82(58(70-52)42-9-5-2-6-10-42)64-54(84)56-50(101-64)38-99-105(89,90)103-56/h1-18,31-34,49-50,53-56,63-64,83-84H,19-30,35-38H2,(H,67,71)(H,68,72)(H,87,88)(H,89,90)/t49?,50?,53?,54?,55-,56-,63-,64-/m1/s1. The van der Waals surface area contributed by atoms with E-state index in [2.05, 4.69) is 40.6 Å². The molecule has 16 rings (SSSR count). The highest BCUT2D eigenvalue weighted by Gasteiger charge is 2.53. The third-order valence-electron chi connectivity index (χ3n) is 17.7. The first kappa shape index (κ1) is 70.1. The van der Waals surface area contributed by atoms with Gasteiger partial charge in [-0.2, -0.15) is 9.97 Å². The smallest absolute Gasteiger partial charge is 0.756 e. The van der Waals surface area contributed by atoms with Crippen molar-refractivity contribution in [1.29, 1.82) is 0 Å². The number of rotatable bonds is 30. The van der Waals surface area contributed by atoms with E-state index in [9.17, 15) is 38.7 Å². The summed E-state index contributed by atoms with van der Waals surface area (Å²) in [6.45, 7) is 4.26. The number of nitrogens with zero attached hydrogens (tertiary/aromatic N) is 14. The molecule has 4 aliphatic rings. The number of aliphatic hydroxyl groups is 2. The second kappa shape index (κ2) is 30.3. The number of aromatic amines is 2. The summed E-state index contributed by atoms with van der Waals surface area (Å²) in [4.78, 5) is 77.9. The first-order valence-electron chi connectivity index (χ1n) is 33.4. The summed E-state index contributed by atoms with van der Waals surface area (Å²) in [5.74, 6) is 0.922. The number of phosphoric acid groups is 2. The summed E-state index contributed by atoms with van der Waals surface area (Å²) in [6, 6.07) is 32.8. The van der Waals surface area contributed by atoms with Crippen LogP contribution in [0.3, 0.4) is 0 Å². The lowest BCUT2D eigenvalue weighted by Crippen LogP contribution is -2.41. The number of hydrogen-bond donors (Lipinski definition) is 4. The summed E-state index contributed by atoms with van der Waals surface area (Å²) in [6.07, 6.45) is -2.95. The molecule has 8 aromatic heterocycles. The van der Waals surface area contributed by atoms with E-state index in [1.807, 2.05) is 60.7 Å². The summed E-state index contributed by atoms with van der Waals surface area (Å²) in [7, 11) is -9.32. The van der Waals surface area contributed by atoms with Crippen molar-refractivity contribution in [3.63, 3.8) is 0 Å². The highest BCUT2D eigenvalue weighted by atomic mass is 31.2. The second-order valence-corrected chi connectivity index (χ2v) is 27.3. The van der Waals surface area contributed by atoms with E-state index in [0.29, 0.717) is 113 Å². The number of nitrogens with one attached hydrogen (secondary N) is 2. The summed E-state index contributed by atoms with van der Waals surface area (Å²) >= 11 is 0. The molecular formula is C66H68N16O21P2. The van der Waals surface area contributed by atoms with Gasteiger partial charge in [-0.1, -0.05) is 95.4 Å². The third kappa shape index (κ3) is 14.8. The molecule has 0 spiro atoms. The minimum atomic E-state index is -4.66. The Balaban J connectivity index is 0.00000480. The Morgan fingerprint density at radius 1 is 0.476 bits per heavy atom. The predicted octanol–water partition coefficient (Wildman–Crippen LogP) is 3.21. The number of benzene rings is 4. The van der Waals surface area contributed by atoms with Crippen LogP contribution < -0.4 is 20.9 Å². The molecule has 12 heterocycles. The van der Waals surface area contributed by atoms with Gasteiger partial charge >= 0.3 is 2.85 Å². The minimum Gasteiger partial charge on any atom is -0.756 e. The Bertz CT molecular complexity index is 4970. The van der Waals surface area contributed by atoms with Crippen LogP contribution >= 0.6 is 15.6 Å². The van der Waals surface area contributed by atoms with Crippen molar-refractivity contribution in [1.82, 2.24) is 77.8 Å². The first-order valence-corrected chi connectivity index (χ1v) is 36.3. The van der Waals surface area contributed by atoms with Gasteiger partial charge in [0.1, 0.15) is 59.7 Å². The van der Waals surface area contributed by atoms with Gasteiger partial charge in [0.05, 0.1) is 141 Å². The molecule has 12 aromatic rings. The molecule has 39 heteroatoms. The summed E-state index contributed by atoms with van der Waals surface area (Å²) in [5.41, 5.74) is 5.75. The molecule has 4 fully saturated rings. The summed E-state index contributed by atoms with van der Waals surface area (Å²) < 4.78 is 105. The van der Waals surface area contributed by atoms with Crippen LogP contribution in [0, 0.1) is 0 Å². The van der Waals surface area contributed by atoms with Gasteiger partial charge in [0.25, 0.3) is 26.8 Å². The number of phosphoric ester groups is 2. The molecule has 0 bridgehead atoms. The van der Waals surface area contributed by atoms with E-state index in [0.717, 1.165) is 22.5 Å². The van der Waals surface area contributed by atoms with Crippen LogP contribution in [-0.2, 0) is 83.1 Å². The van der Waals surface area contributed by atoms with Crippen LogP contribution in [0.4, 0.5) is 0 Å². The Morgan fingerprint density at radius 3 is 1.21 bits per heavy atom. The second-order valence-electron chi connectivity index (χ2n) is 24.6. The van der Waals surface area contributed by atoms with Crippen molar-refractivity contribution in [2.75, 3.05) is 92.5 Å². The molecule has 4 aliphatic heterocycles. The Hall–Kier alpha value is -9.28. The molecule has 0 radical (unpaired) electrons. The fourth-order valence-electron chi connectivity index (χ4n) is 12.6. The average Bonchev–Trinajstić information content (AvgIpc) is 1.56. The van der Waals surface area contributed by atoms with Crippen LogP contribution in [-0.4, -0.2) is 217 Å². The fourth-order valence-corrected chi connectivity index (χ4v) is 14.5. The maximum Gasteiger partial charge on any atom is 1.00 e. The Kier molecular flexibility index (Phi) is 20.2. The number of fused-ring (bicyclic) bond motifs is 6.